The number of hydrogen-bond donors (Lipinski definition) is 0. The van der Waals surface area contributed by atoms with Gasteiger partial charge in [0.05, 0.1) is 19.4 Å². The highest BCUT2D eigenvalue weighted by Gasteiger charge is 2.20. The first kappa shape index (κ1) is 19.7. The van der Waals surface area contributed by atoms with Crippen molar-refractivity contribution in [3.05, 3.63) is 60.1 Å². The van der Waals surface area contributed by atoms with E-state index in [1.807, 2.05) is 36.4 Å². The third kappa shape index (κ3) is 6.37. The first-order valence-corrected chi connectivity index (χ1v) is 8.68. The van der Waals surface area contributed by atoms with Crippen molar-refractivity contribution in [1.29, 1.82) is 0 Å². The lowest BCUT2D eigenvalue weighted by molar-refractivity contribution is -0.140. The Morgan fingerprint density at radius 2 is 1.81 bits per heavy atom. The summed E-state index contributed by atoms with van der Waals surface area (Å²) in [6, 6.07) is 13.4. The van der Waals surface area contributed by atoms with Crippen molar-refractivity contribution in [3.8, 4) is 0 Å². The third-order valence-corrected chi connectivity index (χ3v) is 4.04. The number of amides is 2. The second-order valence-corrected chi connectivity index (χ2v) is 6.10. The number of furan rings is 1. The second-order valence-electron chi connectivity index (χ2n) is 6.10. The van der Waals surface area contributed by atoms with Crippen LogP contribution in [0.25, 0.3) is 0 Å². The van der Waals surface area contributed by atoms with Crippen molar-refractivity contribution >= 4 is 11.8 Å². The molecule has 6 heteroatoms. The Morgan fingerprint density at radius 3 is 2.42 bits per heavy atom. The van der Waals surface area contributed by atoms with Gasteiger partial charge >= 0.3 is 0 Å². The predicted octanol–water partition coefficient (Wildman–Crippen LogP) is 2.69. The molecular weight excluding hydrogens is 332 g/mol. The summed E-state index contributed by atoms with van der Waals surface area (Å²) < 4.78 is 10.4. The molecule has 0 aliphatic heterocycles. The van der Waals surface area contributed by atoms with Crippen LogP contribution in [0.4, 0.5) is 0 Å². The fraction of sp³-hybridized carbons (Fsp3) is 0.400. The highest BCUT2D eigenvalue weighted by atomic mass is 16.5. The molecule has 0 aliphatic rings. The molecule has 2 rings (SSSR count). The molecule has 0 saturated carbocycles. The van der Waals surface area contributed by atoms with Crippen molar-refractivity contribution in [2.75, 3.05) is 26.8 Å². The normalized spacial score (nSPS) is 10.5. The maximum atomic E-state index is 12.9. The Morgan fingerprint density at radius 1 is 1.04 bits per heavy atom. The summed E-state index contributed by atoms with van der Waals surface area (Å²) in [5.41, 5.74) is 1.03. The molecule has 0 N–H and O–H groups in total. The zero-order valence-electron chi connectivity index (χ0n) is 15.4. The summed E-state index contributed by atoms with van der Waals surface area (Å²) in [5.74, 6) is 0.480. The Hall–Kier alpha value is -2.60. The summed E-state index contributed by atoms with van der Waals surface area (Å²) in [4.78, 5) is 28.0. The molecule has 0 radical (unpaired) electrons. The molecule has 0 atom stereocenters. The van der Waals surface area contributed by atoms with E-state index in [0.717, 1.165) is 5.56 Å². The summed E-state index contributed by atoms with van der Waals surface area (Å²) in [5, 5.41) is 0. The van der Waals surface area contributed by atoms with Crippen LogP contribution in [0, 0.1) is 0 Å². The quantitative estimate of drug-likeness (QED) is 0.613. The number of ether oxygens (including phenoxy) is 1. The van der Waals surface area contributed by atoms with Gasteiger partial charge < -0.3 is 19.0 Å². The number of carbonyl (C=O) groups excluding carboxylic acids is 2. The van der Waals surface area contributed by atoms with Crippen molar-refractivity contribution in [3.63, 3.8) is 0 Å². The van der Waals surface area contributed by atoms with Gasteiger partial charge in [-0.15, -0.1) is 0 Å². The van der Waals surface area contributed by atoms with Gasteiger partial charge in [0.15, 0.2) is 0 Å². The van der Waals surface area contributed by atoms with Gasteiger partial charge in [0.1, 0.15) is 5.76 Å². The molecule has 0 fully saturated rings. The number of nitrogens with zero attached hydrogens (tertiary/aromatic N) is 2. The average molecular weight is 358 g/mol. The standard InChI is InChI=1S/C20H26N2O4/c1-17(23)21(11-7-12-25-2)16-20(24)22(15-19-10-6-13-26-19)14-18-8-4-3-5-9-18/h3-6,8-10,13H,7,11-12,14-16H2,1-2H3. The topological polar surface area (TPSA) is 63.0 Å². The van der Waals surface area contributed by atoms with Crippen molar-refractivity contribution in [2.24, 2.45) is 0 Å². The molecule has 0 saturated heterocycles. The van der Waals surface area contributed by atoms with E-state index < -0.39 is 0 Å². The van der Waals surface area contributed by atoms with Crippen LogP contribution in [0.1, 0.15) is 24.7 Å². The monoisotopic (exact) mass is 358 g/mol. The fourth-order valence-corrected chi connectivity index (χ4v) is 2.64. The molecule has 6 nitrogen and oxygen atoms in total. The minimum Gasteiger partial charge on any atom is -0.467 e. The molecule has 2 aromatic rings. The first-order valence-electron chi connectivity index (χ1n) is 8.68. The largest absolute Gasteiger partial charge is 0.467 e. The van der Waals surface area contributed by atoms with E-state index in [0.29, 0.717) is 38.4 Å². The van der Waals surface area contributed by atoms with E-state index in [1.165, 1.54) is 6.92 Å². The van der Waals surface area contributed by atoms with E-state index in [2.05, 4.69) is 0 Å². The molecule has 2 amide bonds. The average Bonchev–Trinajstić information content (AvgIpc) is 3.14. The molecular formula is C20H26N2O4. The number of methoxy groups -OCH3 is 1. The van der Waals surface area contributed by atoms with Crippen LogP contribution in [0.15, 0.2) is 53.1 Å². The lowest BCUT2D eigenvalue weighted by Gasteiger charge is -2.26. The number of carbonyl (C=O) groups is 2. The Balaban J connectivity index is 2.06. The zero-order valence-corrected chi connectivity index (χ0v) is 15.4. The fourth-order valence-electron chi connectivity index (χ4n) is 2.64. The maximum Gasteiger partial charge on any atom is 0.242 e. The number of benzene rings is 1. The summed E-state index contributed by atoms with van der Waals surface area (Å²) >= 11 is 0. The van der Waals surface area contributed by atoms with E-state index in [1.54, 1.807) is 29.2 Å². The van der Waals surface area contributed by atoms with Gasteiger partial charge in [0.2, 0.25) is 11.8 Å². The Labute approximate surface area is 154 Å². The molecule has 1 aromatic heterocycles. The molecule has 0 aliphatic carbocycles. The Kier molecular flexibility index (Phi) is 7.89. The highest BCUT2D eigenvalue weighted by molar-refractivity contribution is 5.83. The first-order chi connectivity index (χ1) is 12.6. The summed E-state index contributed by atoms with van der Waals surface area (Å²) in [6.07, 6.45) is 2.29. The lowest BCUT2D eigenvalue weighted by atomic mass is 10.2. The van der Waals surface area contributed by atoms with Gasteiger partial charge in [0, 0.05) is 33.7 Å². The highest BCUT2D eigenvalue weighted by Crippen LogP contribution is 2.12. The van der Waals surface area contributed by atoms with E-state index in [-0.39, 0.29) is 18.4 Å². The number of hydrogen-bond acceptors (Lipinski definition) is 4. The van der Waals surface area contributed by atoms with E-state index in [9.17, 15) is 9.59 Å². The van der Waals surface area contributed by atoms with Gasteiger partial charge in [-0.3, -0.25) is 9.59 Å². The van der Waals surface area contributed by atoms with Crippen LogP contribution in [-0.2, 0) is 27.4 Å². The summed E-state index contributed by atoms with van der Waals surface area (Å²) in [7, 11) is 1.62. The van der Waals surface area contributed by atoms with Crippen LogP contribution < -0.4 is 0 Å². The van der Waals surface area contributed by atoms with E-state index >= 15 is 0 Å². The van der Waals surface area contributed by atoms with Crippen molar-refractivity contribution in [2.45, 2.75) is 26.4 Å². The minimum absolute atomic E-state index is 0.0482. The van der Waals surface area contributed by atoms with Gasteiger partial charge in [-0.05, 0) is 24.1 Å². The summed E-state index contributed by atoms with van der Waals surface area (Å²) in [6.45, 7) is 3.41. The zero-order chi connectivity index (χ0) is 18.8. The van der Waals surface area contributed by atoms with Gasteiger partial charge in [-0.25, -0.2) is 0 Å². The molecule has 0 bridgehead atoms. The van der Waals surface area contributed by atoms with Crippen molar-refractivity contribution < 1.29 is 18.7 Å². The smallest absolute Gasteiger partial charge is 0.242 e. The molecule has 140 valence electrons. The maximum absolute atomic E-state index is 12.9. The van der Waals surface area contributed by atoms with Gasteiger partial charge in [0.25, 0.3) is 0 Å². The van der Waals surface area contributed by atoms with Crippen LogP contribution in [0.3, 0.4) is 0 Å². The van der Waals surface area contributed by atoms with Crippen LogP contribution >= 0.6 is 0 Å². The molecule has 1 heterocycles. The molecule has 26 heavy (non-hydrogen) atoms. The SMILES string of the molecule is COCCCN(CC(=O)N(Cc1ccccc1)Cc1ccco1)C(C)=O. The van der Waals surface area contributed by atoms with Crippen LogP contribution in [-0.4, -0.2) is 48.4 Å². The lowest BCUT2D eigenvalue weighted by Crippen LogP contribution is -2.42. The van der Waals surface area contributed by atoms with Crippen LogP contribution in [0.5, 0.6) is 0 Å². The third-order valence-electron chi connectivity index (χ3n) is 4.04. The van der Waals surface area contributed by atoms with Gasteiger partial charge in [-0.2, -0.15) is 0 Å². The second kappa shape index (κ2) is 10.4. The minimum atomic E-state index is -0.118. The molecule has 0 spiro atoms. The molecule has 1 aromatic carbocycles. The van der Waals surface area contributed by atoms with Gasteiger partial charge in [-0.1, -0.05) is 30.3 Å². The Bertz CT molecular complexity index is 670. The molecule has 0 unspecified atom stereocenters. The van der Waals surface area contributed by atoms with E-state index in [4.69, 9.17) is 9.15 Å². The predicted molar refractivity (Wildman–Crippen MR) is 98.2 cm³/mol. The van der Waals surface area contributed by atoms with Crippen LogP contribution in [0.2, 0.25) is 0 Å². The number of rotatable bonds is 10. The van der Waals surface area contributed by atoms with Crippen molar-refractivity contribution in [1.82, 2.24) is 9.80 Å².